The van der Waals surface area contributed by atoms with Crippen LogP contribution in [0.1, 0.15) is 36.9 Å². The molecule has 1 N–H and O–H groups in total. The molecule has 1 heterocycles. The van der Waals surface area contributed by atoms with Gasteiger partial charge in [-0.15, -0.1) is 0 Å². The molecular weight excluding hydrogens is 402 g/mol. The van der Waals surface area contributed by atoms with Crippen molar-refractivity contribution in [2.75, 3.05) is 13.7 Å². The lowest BCUT2D eigenvalue weighted by atomic mass is 10.1. The number of hydrogen-bond donors (Lipinski definition) is 1. The van der Waals surface area contributed by atoms with Crippen molar-refractivity contribution in [3.8, 4) is 17.4 Å². The third-order valence-electron chi connectivity index (χ3n) is 5.69. The van der Waals surface area contributed by atoms with Gasteiger partial charge < -0.3 is 19.7 Å². The first-order chi connectivity index (χ1) is 15.6. The maximum absolute atomic E-state index is 13.1. The van der Waals surface area contributed by atoms with Crippen molar-refractivity contribution < 1.29 is 14.3 Å². The molecule has 6 heteroatoms. The van der Waals surface area contributed by atoms with Gasteiger partial charge in [-0.2, -0.15) is 0 Å². The van der Waals surface area contributed by atoms with Gasteiger partial charge >= 0.3 is 6.03 Å². The topological polar surface area (TPSA) is 63.7 Å². The molecule has 1 aromatic heterocycles. The number of nitrogens with zero attached hydrogens (tertiary/aromatic N) is 2. The Morgan fingerprint density at radius 2 is 1.81 bits per heavy atom. The van der Waals surface area contributed by atoms with Crippen LogP contribution in [0.4, 0.5) is 4.79 Å². The van der Waals surface area contributed by atoms with Crippen molar-refractivity contribution >= 4 is 6.03 Å². The maximum Gasteiger partial charge on any atom is 0.318 e. The molecule has 2 aromatic carbocycles. The number of aromatic nitrogens is 1. The lowest BCUT2D eigenvalue weighted by Crippen LogP contribution is -2.42. The molecule has 1 aliphatic rings. The number of carbonyl (C=O) groups is 1. The molecule has 32 heavy (non-hydrogen) atoms. The van der Waals surface area contributed by atoms with E-state index in [1.807, 2.05) is 59.5 Å². The second-order valence-electron chi connectivity index (χ2n) is 8.12. The highest BCUT2D eigenvalue weighted by atomic mass is 16.5. The number of pyridine rings is 1. The van der Waals surface area contributed by atoms with Gasteiger partial charge in [-0.1, -0.05) is 30.3 Å². The summed E-state index contributed by atoms with van der Waals surface area (Å²) in [5, 5.41) is 3.08. The van der Waals surface area contributed by atoms with Crippen LogP contribution in [0.3, 0.4) is 0 Å². The summed E-state index contributed by atoms with van der Waals surface area (Å²) < 4.78 is 11.0. The highest BCUT2D eigenvalue weighted by molar-refractivity contribution is 5.74. The second kappa shape index (κ2) is 10.2. The lowest BCUT2D eigenvalue weighted by Gasteiger charge is -2.30. The number of ether oxygens (including phenoxy) is 2. The molecule has 1 aliphatic carbocycles. The summed E-state index contributed by atoms with van der Waals surface area (Å²) in [6, 6.07) is 21.2. The van der Waals surface area contributed by atoms with Gasteiger partial charge in [0.15, 0.2) is 0 Å². The van der Waals surface area contributed by atoms with Gasteiger partial charge in [-0.05, 0) is 67.1 Å². The summed E-state index contributed by atoms with van der Waals surface area (Å²) in [7, 11) is 1.63. The molecule has 0 saturated heterocycles. The number of benzene rings is 2. The molecule has 1 atom stereocenters. The van der Waals surface area contributed by atoms with E-state index in [9.17, 15) is 4.79 Å². The number of methoxy groups -OCH3 is 1. The summed E-state index contributed by atoms with van der Waals surface area (Å²) in [5.41, 5.74) is 2.07. The molecular formula is C26H29N3O3. The normalized spacial score (nSPS) is 13.8. The molecule has 1 unspecified atom stereocenters. The van der Waals surface area contributed by atoms with Crippen LogP contribution in [-0.4, -0.2) is 29.6 Å². The van der Waals surface area contributed by atoms with Crippen molar-refractivity contribution in [3.63, 3.8) is 0 Å². The molecule has 1 fully saturated rings. The van der Waals surface area contributed by atoms with E-state index in [1.165, 1.54) is 12.8 Å². The predicted molar refractivity (Wildman–Crippen MR) is 124 cm³/mol. The van der Waals surface area contributed by atoms with Gasteiger partial charge in [-0.25, -0.2) is 9.78 Å². The average molecular weight is 432 g/mol. The zero-order valence-electron chi connectivity index (χ0n) is 18.5. The Hall–Kier alpha value is -3.54. The standard InChI is InChI=1S/C26H29N3O3/c1-19(22-6-4-3-5-7-22)29(18-20-8-9-20)26(30)28-17-21-14-15-27-25(16-21)32-24-12-10-23(31-2)11-13-24/h3-7,10-16,19-20H,8-9,17-18H2,1-2H3,(H,28,30). The van der Waals surface area contributed by atoms with Crippen LogP contribution in [-0.2, 0) is 6.54 Å². The van der Waals surface area contributed by atoms with E-state index in [-0.39, 0.29) is 12.1 Å². The zero-order chi connectivity index (χ0) is 22.3. The smallest absolute Gasteiger partial charge is 0.318 e. The predicted octanol–water partition coefficient (Wildman–Crippen LogP) is 5.57. The van der Waals surface area contributed by atoms with E-state index < -0.39 is 0 Å². The summed E-state index contributed by atoms with van der Waals surface area (Å²) in [4.78, 5) is 19.3. The van der Waals surface area contributed by atoms with E-state index in [0.29, 0.717) is 24.1 Å². The first-order valence-corrected chi connectivity index (χ1v) is 11.0. The molecule has 0 spiro atoms. The summed E-state index contributed by atoms with van der Waals surface area (Å²) >= 11 is 0. The Labute approximate surface area is 189 Å². The quantitative estimate of drug-likeness (QED) is 0.481. The van der Waals surface area contributed by atoms with Gasteiger partial charge in [-0.3, -0.25) is 0 Å². The van der Waals surface area contributed by atoms with Crippen LogP contribution in [0, 0.1) is 5.92 Å². The Kier molecular flexibility index (Phi) is 6.90. The second-order valence-corrected chi connectivity index (χ2v) is 8.12. The van der Waals surface area contributed by atoms with Crippen molar-refractivity contribution in [1.82, 2.24) is 15.2 Å². The van der Waals surface area contributed by atoms with E-state index in [0.717, 1.165) is 23.4 Å². The van der Waals surface area contributed by atoms with Crippen LogP contribution in [0.25, 0.3) is 0 Å². The Morgan fingerprint density at radius 3 is 2.50 bits per heavy atom. The molecule has 0 aliphatic heterocycles. The molecule has 166 valence electrons. The van der Waals surface area contributed by atoms with Crippen molar-refractivity contribution in [1.29, 1.82) is 0 Å². The van der Waals surface area contributed by atoms with Crippen LogP contribution in [0.5, 0.6) is 17.4 Å². The minimum absolute atomic E-state index is 0.0169. The van der Waals surface area contributed by atoms with Crippen LogP contribution in [0.15, 0.2) is 72.9 Å². The molecule has 4 rings (SSSR count). The Bertz CT molecular complexity index is 1020. The van der Waals surface area contributed by atoms with Gasteiger partial charge in [0.1, 0.15) is 11.5 Å². The zero-order valence-corrected chi connectivity index (χ0v) is 18.5. The van der Waals surface area contributed by atoms with E-state index >= 15 is 0 Å². The van der Waals surface area contributed by atoms with Crippen LogP contribution >= 0.6 is 0 Å². The number of carbonyl (C=O) groups excluding carboxylic acids is 1. The monoisotopic (exact) mass is 431 g/mol. The fourth-order valence-electron chi connectivity index (χ4n) is 3.57. The van der Waals surface area contributed by atoms with E-state index in [2.05, 4.69) is 29.4 Å². The summed E-state index contributed by atoms with van der Waals surface area (Å²) in [6.07, 6.45) is 4.08. The lowest BCUT2D eigenvalue weighted by molar-refractivity contribution is 0.175. The third kappa shape index (κ3) is 5.78. The van der Waals surface area contributed by atoms with Gasteiger partial charge in [0.05, 0.1) is 13.2 Å². The highest BCUT2D eigenvalue weighted by Gasteiger charge is 2.30. The molecule has 0 radical (unpaired) electrons. The summed E-state index contributed by atoms with van der Waals surface area (Å²) in [6.45, 7) is 3.28. The van der Waals surface area contributed by atoms with Gasteiger partial charge in [0.25, 0.3) is 0 Å². The van der Waals surface area contributed by atoms with Gasteiger partial charge in [0, 0.05) is 25.4 Å². The molecule has 6 nitrogen and oxygen atoms in total. The van der Waals surface area contributed by atoms with Gasteiger partial charge in [0.2, 0.25) is 5.88 Å². The van der Waals surface area contributed by atoms with E-state index in [4.69, 9.17) is 9.47 Å². The fraction of sp³-hybridized carbons (Fsp3) is 0.308. The van der Waals surface area contributed by atoms with Crippen LogP contribution in [0.2, 0.25) is 0 Å². The van der Waals surface area contributed by atoms with E-state index in [1.54, 1.807) is 13.3 Å². The first-order valence-electron chi connectivity index (χ1n) is 11.0. The SMILES string of the molecule is COc1ccc(Oc2cc(CNC(=O)N(CC3CC3)C(C)c3ccccc3)ccn2)cc1. The Morgan fingerprint density at radius 1 is 1.09 bits per heavy atom. The number of hydrogen-bond acceptors (Lipinski definition) is 4. The number of amides is 2. The molecule has 3 aromatic rings. The molecule has 1 saturated carbocycles. The number of rotatable bonds is 9. The largest absolute Gasteiger partial charge is 0.497 e. The van der Waals surface area contributed by atoms with Crippen molar-refractivity contribution in [3.05, 3.63) is 84.1 Å². The minimum Gasteiger partial charge on any atom is -0.497 e. The van der Waals surface area contributed by atoms with Crippen LogP contribution < -0.4 is 14.8 Å². The minimum atomic E-state index is -0.0531. The third-order valence-corrected chi connectivity index (χ3v) is 5.69. The molecule has 2 amide bonds. The first kappa shape index (κ1) is 21.7. The average Bonchev–Trinajstić information content (AvgIpc) is 3.66. The van der Waals surface area contributed by atoms with Crippen molar-refractivity contribution in [2.45, 2.75) is 32.4 Å². The maximum atomic E-state index is 13.1. The highest BCUT2D eigenvalue weighted by Crippen LogP contribution is 2.33. The fourth-order valence-corrected chi connectivity index (χ4v) is 3.57. The summed E-state index contributed by atoms with van der Waals surface area (Å²) in [5.74, 6) is 2.53. The number of urea groups is 1. The number of nitrogens with one attached hydrogen (secondary N) is 1. The Balaban J connectivity index is 1.38. The van der Waals surface area contributed by atoms with Crippen molar-refractivity contribution in [2.24, 2.45) is 5.92 Å². The molecule has 0 bridgehead atoms.